The second-order valence-corrected chi connectivity index (χ2v) is 8.11. The van der Waals surface area contributed by atoms with Crippen LogP contribution >= 0.6 is 0 Å². The van der Waals surface area contributed by atoms with Gasteiger partial charge in [-0.2, -0.15) is 0 Å². The van der Waals surface area contributed by atoms with Crippen molar-refractivity contribution in [2.75, 3.05) is 10.6 Å². The number of hydrogen-bond donors (Lipinski definition) is 2. The summed E-state index contributed by atoms with van der Waals surface area (Å²) < 4.78 is 0. The Balaban J connectivity index is 1.43. The molecule has 0 radical (unpaired) electrons. The smallest absolute Gasteiger partial charge is 0.292 e. The van der Waals surface area contributed by atoms with Crippen molar-refractivity contribution in [3.05, 3.63) is 101 Å². The van der Waals surface area contributed by atoms with Crippen LogP contribution in [0, 0.1) is 0 Å². The highest BCUT2D eigenvalue weighted by Crippen LogP contribution is 2.27. The van der Waals surface area contributed by atoms with Crippen molar-refractivity contribution in [3.8, 4) is 0 Å². The van der Waals surface area contributed by atoms with Gasteiger partial charge in [0.2, 0.25) is 17.3 Å². The molecule has 1 amide bonds. The molecule has 1 aliphatic carbocycles. The van der Waals surface area contributed by atoms with Gasteiger partial charge in [-0.3, -0.25) is 28.8 Å². The molecule has 0 aliphatic heterocycles. The Morgan fingerprint density at radius 3 is 2.14 bits per heavy atom. The van der Waals surface area contributed by atoms with E-state index >= 15 is 0 Å². The van der Waals surface area contributed by atoms with Gasteiger partial charge in [-0.15, -0.1) is 0 Å². The fraction of sp³-hybridized carbons (Fsp3) is 0.0714. The lowest BCUT2D eigenvalue weighted by atomic mass is 9.92. The molecular weight excluding hydrogens is 460 g/mol. The fourth-order valence-electron chi connectivity index (χ4n) is 3.67. The number of ketones is 5. The monoisotopic (exact) mass is 480 g/mol. The summed E-state index contributed by atoms with van der Waals surface area (Å²) in [5.41, 5.74) is 2.70. The lowest BCUT2D eigenvalue weighted by Crippen LogP contribution is -2.25. The Morgan fingerprint density at radius 1 is 0.750 bits per heavy atom. The Morgan fingerprint density at radius 2 is 1.44 bits per heavy atom. The van der Waals surface area contributed by atoms with Gasteiger partial charge in [0.05, 0.1) is 12.1 Å². The number of fused-ring (bicyclic) bond motifs is 1. The van der Waals surface area contributed by atoms with Gasteiger partial charge in [0.1, 0.15) is 0 Å². The molecule has 2 N–H and O–H groups in total. The van der Waals surface area contributed by atoms with Gasteiger partial charge in [-0.25, -0.2) is 0 Å². The molecule has 0 saturated heterocycles. The molecule has 0 bridgehead atoms. The largest absolute Gasteiger partial charge is 0.355 e. The Bertz CT molecular complexity index is 1470. The maximum atomic E-state index is 12.7. The summed E-state index contributed by atoms with van der Waals surface area (Å²) in [5, 5.41) is 5.47. The number of amides is 1. The average molecular weight is 480 g/mol. The van der Waals surface area contributed by atoms with Crippen molar-refractivity contribution in [1.82, 2.24) is 0 Å². The van der Waals surface area contributed by atoms with Crippen molar-refractivity contribution in [2.45, 2.75) is 13.3 Å². The van der Waals surface area contributed by atoms with Crippen molar-refractivity contribution >= 4 is 51.9 Å². The zero-order valence-corrected chi connectivity index (χ0v) is 19.2. The van der Waals surface area contributed by atoms with Crippen molar-refractivity contribution in [1.29, 1.82) is 0 Å². The third-order valence-electron chi connectivity index (χ3n) is 5.55. The fourth-order valence-corrected chi connectivity index (χ4v) is 3.67. The summed E-state index contributed by atoms with van der Waals surface area (Å²) in [6.45, 7) is 1.42. The highest BCUT2D eigenvalue weighted by molar-refractivity contribution is 6.50. The summed E-state index contributed by atoms with van der Waals surface area (Å²) in [6, 6.07) is 19.0. The Kier molecular flexibility index (Phi) is 6.78. The summed E-state index contributed by atoms with van der Waals surface area (Å²) >= 11 is 0. The first kappa shape index (κ1) is 24.2. The van der Waals surface area contributed by atoms with Crippen LogP contribution < -0.4 is 10.6 Å². The number of rotatable bonds is 8. The normalized spacial score (nSPS) is 12.3. The minimum Gasteiger partial charge on any atom is -0.355 e. The van der Waals surface area contributed by atoms with Gasteiger partial charge in [-0.1, -0.05) is 36.4 Å². The molecule has 0 saturated carbocycles. The molecule has 178 valence electrons. The third-order valence-corrected chi connectivity index (χ3v) is 5.55. The number of benzene rings is 3. The molecule has 1 aliphatic rings. The third kappa shape index (κ3) is 5.23. The van der Waals surface area contributed by atoms with E-state index in [-0.39, 0.29) is 16.9 Å². The zero-order valence-electron chi connectivity index (χ0n) is 19.2. The number of carbonyl (C=O) groups is 6. The van der Waals surface area contributed by atoms with Crippen LogP contribution in [0.5, 0.6) is 0 Å². The maximum Gasteiger partial charge on any atom is 0.292 e. The molecule has 36 heavy (non-hydrogen) atoms. The van der Waals surface area contributed by atoms with E-state index in [9.17, 15) is 28.8 Å². The topological polar surface area (TPSA) is 126 Å². The SMILES string of the molecule is CC(=O)c1ccc(NC(=O)C(=O)CC(=O)c2cccc(NC3=CC(=O)C(=O)c4ccccc43)c2)cc1. The maximum absolute atomic E-state index is 12.7. The summed E-state index contributed by atoms with van der Waals surface area (Å²) in [6.07, 6.45) is 0.565. The second kappa shape index (κ2) is 10.1. The van der Waals surface area contributed by atoms with Crippen LogP contribution in [0.1, 0.15) is 50.0 Å². The van der Waals surface area contributed by atoms with Crippen molar-refractivity contribution in [3.63, 3.8) is 0 Å². The lowest BCUT2D eigenvalue weighted by Gasteiger charge is -2.18. The second-order valence-electron chi connectivity index (χ2n) is 8.11. The standard InChI is InChI=1S/C28H20N2O6/c1-16(31)17-9-11-19(12-10-17)30-28(36)26(34)15-24(32)18-5-4-6-20(13-18)29-23-14-25(33)27(35)22-8-3-2-7-21(22)23/h2-14,29H,15H2,1H3,(H,30,36). The molecule has 3 aromatic rings. The summed E-state index contributed by atoms with van der Waals surface area (Å²) in [5.74, 6) is -3.80. The lowest BCUT2D eigenvalue weighted by molar-refractivity contribution is -0.134. The van der Waals surface area contributed by atoms with Crippen LogP contribution in [0.25, 0.3) is 5.70 Å². The van der Waals surface area contributed by atoms with E-state index in [4.69, 9.17) is 0 Å². The highest BCUT2D eigenvalue weighted by atomic mass is 16.2. The van der Waals surface area contributed by atoms with Gasteiger partial charge in [-0.05, 0) is 43.3 Å². The zero-order chi connectivity index (χ0) is 25.8. The molecule has 0 spiro atoms. The van der Waals surface area contributed by atoms with Crippen molar-refractivity contribution < 1.29 is 28.8 Å². The number of carbonyl (C=O) groups excluding carboxylic acids is 6. The molecule has 8 nitrogen and oxygen atoms in total. The average Bonchev–Trinajstić information content (AvgIpc) is 2.87. The molecule has 0 atom stereocenters. The Hall–Kier alpha value is -4.98. The molecular formula is C28H20N2O6. The van der Waals surface area contributed by atoms with E-state index in [0.717, 1.165) is 0 Å². The van der Waals surface area contributed by atoms with Crippen molar-refractivity contribution in [2.24, 2.45) is 0 Å². The molecule has 0 heterocycles. The van der Waals surface area contributed by atoms with E-state index < -0.39 is 35.5 Å². The molecule has 0 fully saturated rings. The molecule has 8 heteroatoms. The molecule has 0 unspecified atom stereocenters. The quantitative estimate of drug-likeness (QED) is 0.285. The number of allylic oxidation sites excluding steroid dienone is 1. The minimum atomic E-state index is -0.944. The Labute approximate surface area is 206 Å². The van der Waals surface area contributed by atoms with Crippen LogP contribution in [0.3, 0.4) is 0 Å². The van der Waals surface area contributed by atoms with Gasteiger partial charge in [0, 0.05) is 39.7 Å². The number of nitrogens with one attached hydrogen (secondary N) is 2. The summed E-state index contributed by atoms with van der Waals surface area (Å²) in [7, 11) is 0. The molecule has 0 aromatic heterocycles. The number of Topliss-reactive ketones (excluding diaryl/α,β-unsaturated/α-hetero) is 4. The van der Waals surface area contributed by atoms with Crippen LogP contribution in [-0.2, 0) is 14.4 Å². The summed E-state index contributed by atoms with van der Waals surface area (Å²) in [4.78, 5) is 72.8. The number of anilines is 2. The van der Waals surface area contributed by atoms with E-state index in [1.807, 2.05) is 0 Å². The van der Waals surface area contributed by atoms with E-state index in [0.29, 0.717) is 28.2 Å². The van der Waals surface area contributed by atoms with E-state index in [2.05, 4.69) is 10.6 Å². The molecule has 3 aromatic carbocycles. The first-order valence-electron chi connectivity index (χ1n) is 11.0. The van der Waals surface area contributed by atoms with E-state index in [1.54, 1.807) is 36.4 Å². The minimum absolute atomic E-state index is 0.129. The van der Waals surface area contributed by atoms with Gasteiger partial charge in [0.15, 0.2) is 11.6 Å². The predicted octanol–water partition coefficient (Wildman–Crippen LogP) is 3.89. The molecule has 4 rings (SSSR count). The van der Waals surface area contributed by atoms with Crippen LogP contribution in [-0.4, -0.2) is 34.8 Å². The first-order valence-corrected chi connectivity index (χ1v) is 11.0. The number of hydrogen-bond acceptors (Lipinski definition) is 7. The first-order chi connectivity index (χ1) is 17.2. The van der Waals surface area contributed by atoms with Crippen LogP contribution in [0.2, 0.25) is 0 Å². The highest BCUT2D eigenvalue weighted by Gasteiger charge is 2.25. The predicted molar refractivity (Wildman–Crippen MR) is 133 cm³/mol. The van der Waals surface area contributed by atoms with Gasteiger partial charge < -0.3 is 10.6 Å². The van der Waals surface area contributed by atoms with Crippen LogP contribution in [0.4, 0.5) is 11.4 Å². The van der Waals surface area contributed by atoms with Gasteiger partial charge in [0.25, 0.3) is 5.91 Å². The van der Waals surface area contributed by atoms with E-state index in [1.165, 1.54) is 49.4 Å². The van der Waals surface area contributed by atoms with Crippen LogP contribution in [0.15, 0.2) is 78.9 Å². The van der Waals surface area contributed by atoms with Gasteiger partial charge >= 0.3 is 0 Å².